The van der Waals surface area contributed by atoms with Crippen molar-refractivity contribution in [3.63, 3.8) is 0 Å². The summed E-state index contributed by atoms with van der Waals surface area (Å²) >= 11 is 12.5. The van der Waals surface area contributed by atoms with Gasteiger partial charge in [-0.1, -0.05) is 41.4 Å². The SMILES string of the molecule is Clc1cc(Cl)cc(-c2[nH]c3ccccc3c2C2CCNCC2)c1. The van der Waals surface area contributed by atoms with Gasteiger partial charge in [0.15, 0.2) is 0 Å². The van der Waals surface area contributed by atoms with E-state index < -0.39 is 0 Å². The topological polar surface area (TPSA) is 27.8 Å². The zero-order valence-corrected chi connectivity index (χ0v) is 14.2. The molecule has 1 fully saturated rings. The molecule has 0 atom stereocenters. The number of aromatic nitrogens is 1. The van der Waals surface area contributed by atoms with Crippen LogP contribution in [0.15, 0.2) is 42.5 Å². The Bertz CT molecular complexity index is 827. The van der Waals surface area contributed by atoms with Crippen molar-refractivity contribution < 1.29 is 0 Å². The summed E-state index contributed by atoms with van der Waals surface area (Å²) < 4.78 is 0. The second-order valence-corrected chi connectivity index (χ2v) is 7.01. The molecule has 4 heteroatoms. The Balaban J connectivity index is 1.94. The minimum Gasteiger partial charge on any atom is -0.354 e. The van der Waals surface area contributed by atoms with Gasteiger partial charge < -0.3 is 10.3 Å². The predicted octanol–water partition coefficient (Wildman–Crippen LogP) is 5.61. The van der Waals surface area contributed by atoms with E-state index >= 15 is 0 Å². The van der Waals surface area contributed by atoms with Gasteiger partial charge in [0, 0.05) is 26.5 Å². The number of H-pyrrole nitrogens is 1. The number of rotatable bonds is 2. The first-order valence-electron chi connectivity index (χ1n) is 8.00. The van der Waals surface area contributed by atoms with E-state index in [9.17, 15) is 0 Å². The van der Waals surface area contributed by atoms with Crippen LogP contribution in [-0.2, 0) is 0 Å². The quantitative estimate of drug-likeness (QED) is 0.621. The Morgan fingerprint density at radius 1 is 0.913 bits per heavy atom. The van der Waals surface area contributed by atoms with Crippen LogP contribution >= 0.6 is 23.2 Å². The number of para-hydroxylation sites is 1. The lowest BCUT2D eigenvalue weighted by Gasteiger charge is -2.24. The van der Waals surface area contributed by atoms with Crippen LogP contribution in [-0.4, -0.2) is 18.1 Å². The van der Waals surface area contributed by atoms with Crippen LogP contribution in [0, 0.1) is 0 Å². The van der Waals surface area contributed by atoms with Gasteiger partial charge in [0.1, 0.15) is 0 Å². The van der Waals surface area contributed by atoms with E-state index in [-0.39, 0.29) is 0 Å². The van der Waals surface area contributed by atoms with Crippen LogP contribution in [0.4, 0.5) is 0 Å². The molecule has 0 amide bonds. The van der Waals surface area contributed by atoms with Crippen molar-refractivity contribution in [2.24, 2.45) is 0 Å². The van der Waals surface area contributed by atoms with Gasteiger partial charge in [-0.2, -0.15) is 0 Å². The molecule has 1 saturated heterocycles. The molecule has 1 aliphatic rings. The normalized spacial score (nSPS) is 16.1. The van der Waals surface area contributed by atoms with E-state index in [0.29, 0.717) is 16.0 Å². The third-order valence-corrected chi connectivity index (χ3v) is 5.08. The van der Waals surface area contributed by atoms with Crippen LogP contribution in [0.1, 0.15) is 24.3 Å². The van der Waals surface area contributed by atoms with Crippen molar-refractivity contribution in [3.05, 3.63) is 58.1 Å². The lowest BCUT2D eigenvalue weighted by Crippen LogP contribution is -2.26. The maximum Gasteiger partial charge on any atom is 0.0501 e. The van der Waals surface area contributed by atoms with Gasteiger partial charge in [0.2, 0.25) is 0 Å². The number of nitrogens with one attached hydrogen (secondary N) is 2. The van der Waals surface area contributed by atoms with Crippen molar-refractivity contribution >= 4 is 34.1 Å². The van der Waals surface area contributed by atoms with Crippen LogP contribution in [0.25, 0.3) is 22.2 Å². The Kier molecular flexibility index (Phi) is 4.06. The number of hydrogen-bond donors (Lipinski definition) is 2. The highest BCUT2D eigenvalue weighted by Gasteiger charge is 2.23. The van der Waals surface area contributed by atoms with E-state index in [0.717, 1.165) is 37.2 Å². The molecule has 118 valence electrons. The summed E-state index contributed by atoms with van der Waals surface area (Å²) in [5, 5.41) is 6.10. The maximum atomic E-state index is 6.23. The first-order chi connectivity index (χ1) is 11.2. The lowest BCUT2D eigenvalue weighted by atomic mass is 9.86. The van der Waals surface area contributed by atoms with Crippen LogP contribution < -0.4 is 5.32 Å². The maximum absolute atomic E-state index is 6.23. The Morgan fingerprint density at radius 3 is 2.35 bits per heavy atom. The molecule has 0 unspecified atom stereocenters. The number of aromatic amines is 1. The summed E-state index contributed by atoms with van der Waals surface area (Å²) in [5.41, 5.74) is 4.79. The third kappa shape index (κ3) is 2.87. The molecule has 0 spiro atoms. The van der Waals surface area contributed by atoms with Gasteiger partial charge in [-0.05, 0) is 61.7 Å². The highest BCUT2D eigenvalue weighted by molar-refractivity contribution is 6.35. The molecule has 3 aromatic rings. The van der Waals surface area contributed by atoms with Gasteiger partial charge in [-0.15, -0.1) is 0 Å². The molecule has 2 N–H and O–H groups in total. The molecule has 0 bridgehead atoms. The zero-order chi connectivity index (χ0) is 15.8. The molecule has 2 aromatic carbocycles. The standard InChI is InChI=1S/C19H18Cl2N2/c20-14-9-13(10-15(21)11-14)19-18(12-5-7-22-8-6-12)16-3-1-2-4-17(16)23-19/h1-4,9-12,22-23H,5-8H2. The smallest absolute Gasteiger partial charge is 0.0501 e. The number of fused-ring (bicyclic) bond motifs is 1. The van der Waals surface area contributed by atoms with Crippen LogP contribution in [0.2, 0.25) is 10.0 Å². The molecule has 2 heterocycles. The average molecular weight is 345 g/mol. The fourth-order valence-electron chi connectivity index (χ4n) is 3.62. The second-order valence-electron chi connectivity index (χ2n) is 6.14. The zero-order valence-electron chi connectivity index (χ0n) is 12.7. The van der Waals surface area contributed by atoms with Crippen molar-refractivity contribution in [1.29, 1.82) is 0 Å². The highest BCUT2D eigenvalue weighted by atomic mass is 35.5. The minimum atomic E-state index is 0.556. The van der Waals surface area contributed by atoms with Crippen molar-refractivity contribution in [3.8, 4) is 11.3 Å². The van der Waals surface area contributed by atoms with E-state index in [2.05, 4.69) is 34.6 Å². The van der Waals surface area contributed by atoms with Crippen molar-refractivity contribution in [2.45, 2.75) is 18.8 Å². The Labute approximate surface area is 145 Å². The van der Waals surface area contributed by atoms with Crippen LogP contribution in [0.3, 0.4) is 0 Å². The summed E-state index contributed by atoms with van der Waals surface area (Å²) in [6.07, 6.45) is 2.31. The fraction of sp³-hybridized carbons (Fsp3) is 0.263. The average Bonchev–Trinajstić information content (AvgIpc) is 2.94. The van der Waals surface area contributed by atoms with E-state index in [1.165, 1.54) is 16.5 Å². The predicted molar refractivity (Wildman–Crippen MR) is 98.6 cm³/mol. The Hall–Kier alpha value is -1.48. The summed E-state index contributed by atoms with van der Waals surface area (Å²) in [6.45, 7) is 2.14. The summed E-state index contributed by atoms with van der Waals surface area (Å²) in [4.78, 5) is 3.59. The van der Waals surface area contributed by atoms with E-state index in [1.54, 1.807) is 6.07 Å². The molecule has 1 aromatic heterocycles. The molecule has 0 aliphatic carbocycles. The molecule has 23 heavy (non-hydrogen) atoms. The molecule has 4 rings (SSSR count). The molecule has 0 saturated carbocycles. The van der Waals surface area contributed by atoms with E-state index in [1.807, 2.05) is 12.1 Å². The number of benzene rings is 2. The minimum absolute atomic E-state index is 0.556. The van der Waals surface area contributed by atoms with Crippen molar-refractivity contribution in [2.75, 3.05) is 13.1 Å². The molecule has 2 nitrogen and oxygen atoms in total. The number of halogens is 2. The summed E-state index contributed by atoms with van der Waals surface area (Å²) in [7, 11) is 0. The van der Waals surface area contributed by atoms with Crippen molar-refractivity contribution in [1.82, 2.24) is 10.3 Å². The molecule has 0 radical (unpaired) electrons. The molecular weight excluding hydrogens is 327 g/mol. The van der Waals surface area contributed by atoms with Gasteiger partial charge in [0.05, 0.1) is 5.69 Å². The Morgan fingerprint density at radius 2 is 1.61 bits per heavy atom. The first-order valence-corrected chi connectivity index (χ1v) is 8.76. The fourth-order valence-corrected chi connectivity index (χ4v) is 4.15. The number of hydrogen-bond acceptors (Lipinski definition) is 1. The van der Waals surface area contributed by atoms with Crippen LogP contribution in [0.5, 0.6) is 0 Å². The van der Waals surface area contributed by atoms with Gasteiger partial charge >= 0.3 is 0 Å². The summed E-state index contributed by atoms with van der Waals surface area (Å²) in [5.74, 6) is 0.556. The first kappa shape index (κ1) is 15.1. The lowest BCUT2D eigenvalue weighted by molar-refractivity contribution is 0.463. The van der Waals surface area contributed by atoms with Gasteiger partial charge in [-0.25, -0.2) is 0 Å². The molecular formula is C19H18Cl2N2. The number of piperidine rings is 1. The largest absolute Gasteiger partial charge is 0.354 e. The highest BCUT2D eigenvalue weighted by Crippen LogP contribution is 2.40. The van der Waals surface area contributed by atoms with E-state index in [4.69, 9.17) is 23.2 Å². The van der Waals surface area contributed by atoms with Gasteiger partial charge in [0.25, 0.3) is 0 Å². The summed E-state index contributed by atoms with van der Waals surface area (Å²) in [6, 6.07) is 14.3. The molecule has 1 aliphatic heterocycles. The monoisotopic (exact) mass is 344 g/mol. The second kappa shape index (κ2) is 6.20. The van der Waals surface area contributed by atoms with Gasteiger partial charge in [-0.3, -0.25) is 0 Å². The third-order valence-electron chi connectivity index (χ3n) is 4.64.